The minimum absolute atomic E-state index is 0.365. The van der Waals surface area contributed by atoms with Crippen molar-refractivity contribution in [3.63, 3.8) is 0 Å². The summed E-state index contributed by atoms with van der Waals surface area (Å²) in [4.78, 5) is 2.87. The van der Waals surface area contributed by atoms with Gasteiger partial charge in [0.2, 0.25) is 6.33 Å². The summed E-state index contributed by atoms with van der Waals surface area (Å²) in [6.07, 6.45) is 6.80. The molecule has 0 aromatic carbocycles. The largest absolute Gasteiger partial charge is 0.355 e. The van der Waals surface area contributed by atoms with E-state index < -0.39 is 0 Å². The van der Waals surface area contributed by atoms with Gasteiger partial charge in [-0.1, -0.05) is 6.92 Å². The summed E-state index contributed by atoms with van der Waals surface area (Å²) in [6.45, 7) is 2.05. The fourth-order valence-corrected chi connectivity index (χ4v) is 0.894. The fraction of sp³-hybridized carbons (Fsp3) is 0.571. The van der Waals surface area contributed by atoms with Gasteiger partial charge in [-0.05, 0) is 6.42 Å². The Kier molecular flexibility index (Phi) is 2.45. The van der Waals surface area contributed by atoms with E-state index in [1.165, 1.54) is 0 Å². The second kappa shape index (κ2) is 3.37. The molecule has 0 radical (unpaired) electrons. The Balaban J connectivity index is 2.50. The maximum absolute atomic E-state index is 9.35. The number of aromatic nitrogens is 2. The standard InChI is InChI=1S/C7H12N2O/c1-2-3-7(10)9-5-4-8-6-9/h4-7,10H,2-3H2,1H3/p+1. The molecule has 0 aliphatic rings. The molecule has 0 amide bonds. The highest BCUT2D eigenvalue weighted by Gasteiger charge is 2.07. The van der Waals surface area contributed by atoms with Gasteiger partial charge in [-0.25, -0.2) is 4.57 Å². The van der Waals surface area contributed by atoms with Crippen LogP contribution in [0.2, 0.25) is 0 Å². The summed E-state index contributed by atoms with van der Waals surface area (Å²) in [5.74, 6) is 0. The van der Waals surface area contributed by atoms with E-state index in [-0.39, 0.29) is 6.23 Å². The van der Waals surface area contributed by atoms with Crippen LogP contribution in [-0.4, -0.2) is 10.1 Å². The molecule has 0 fully saturated rings. The summed E-state index contributed by atoms with van der Waals surface area (Å²) in [7, 11) is 0. The van der Waals surface area contributed by atoms with Crippen LogP contribution in [0, 0.1) is 0 Å². The van der Waals surface area contributed by atoms with E-state index in [0.29, 0.717) is 0 Å². The van der Waals surface area contributed by atoms with Crippen molar-refractivity contribution < 1.29 is 9.67 Å². The van der Waals surface area contributed by atoms with Crippen LogP contribution in [0.1, 0.15) is 26.0 Å². The van der Waals surface area contributed by atoms with Gasteiger partial charge in [0, 0.05) is 6.42 Å². The summed E-state index contributed by atoms with van der Waals surface area (Å²) < 4.78 is 1.75. The van der Waals surface area contributed by atoms with Crippen molar-refractivity contribution in [3.05, 3.63) is 18.7 Å². The Morgan fingerprint density at radius 2 is 2.50 bits per heavy atom. The molecule has 3 heteroatoms. The van der Waals surface area contributed by atoms with Crippen molar-refractivity contribution in [1.82, 2.24) is 4.98 Å². The highest BCUT2D eigenvalue weighted by atomic mass is 16.3. The van der Waals surface area contributed by atoms with Gasteiger partial charge in [0.1, 0.15) is 12.4 Å². The molecule has 56 valence electrons. The summed E-state index contributed by atoms with van der Waals surface area (Å²) in [5, 5.41) is 9.35. The second-order valence-corrected chi connectivity index (χ2v) is 2.33. The first-order valence-electron chi connectivity index (χ1n) is 3.56. The molecule has 0 aliphatic carbocycles. The molecule has 0 saturated heterocycles. The number of aliphatic hydroxyl groups excluding tert-OH is 1. The number of hydrogen-bond acceptors (Lipinski definition) is 1. The zero-order valence-electron chi connectivity index (χ0n) is 6.12. The van der Waals surface area contributed by atoms with Crippen LogP contribution in [0.4, 0.5) is 0 Å². The second-order valence-electron chi connectivity index (χ2n) is 2.33. The van der Waals surface area contributed by atoms with Crippen molar-refractivity contribution in [1.29, 1.82) is 0 Å². The summed E-state index contributed by atoms with van der Waals surface area (Å²) >= 11 is 0. The molecule has 1 aromatic rings. The average Bonchev–Trinajstić information content (AvgIpc) is 2.38. The molecule has 0 aliphatic heterocycles. The topological polar surface area (TPSA) is 39.9 Å². The summed E-state index contributed by atoms with van der Waals surface area (Å²) in [5.41, 5.74) is 0. The molecule has 10 heavy (non-hydrogen) atoms. The number of aliphatic hydroxyl groups is 1. The SMILES string of the molecule is CCCC(O)[n+]1cc[nH]c1. The zero-order chi connectivity index (χ0) is 7.40. The smallest absolute Gasteiger partial charge is 0.243 e. The Hall–Kier alpha value is -0.830. The number of nitrogens with one attached hydrogen (secondary N) is 1. The number of aromatic amines is 1. The van der Waals surface area contributed by atoms with Crippen LogP contribution in [0.5, 0.6) is 0 Å². The van der Waals surface area contributed by atoms with Crippen molar-refractivity contribution >= 4 is 0 Å². The Morgan fingerprint density at radius 1 is 1.70 bits per heavy atom. The van der Waals surface area contributed by atoms with Gasteiger partial charge < -0.3 is 5.11 Å². The summed E-state index contributed by atoms with van der Waals surface area (Å²) in [6, 6.07) is 0. The fourth-order valence-electron chi connectivity index (χ4n) is 0.894. The van der Waals surface area contributed by atoms with Crippen LogP contribution in [0.15, 0.2) is 18.7 Å². The van der Waals surface area contributed by atoms with E-state index in [0.717, 1.165) is 12.8 Å². The highest BCUT2D eigenvalue weighted by Crippen LogP contribution is 1.99. The van der Waals surface area contributed by atoms with Gasteiger partial charge in [0.25, 0.3) is 0 Å². The molecule has 1 heterocycles. The molecule has 1 unspecified atom stereocenters. The molecule has 0 spiro atoms. The molecule has 1 atom stereocenters. The average molecular weight is 141 g/mol. The van der Waals surface area contributed by atoms with Crippen molar-refractivity contribution in [3.8, 4) is 0 Å². The van der Waals surface area contributed by atoms with E-state index in [1.807, 2.05) is 6.20 Å². The van der Waals surface area contributed by atoms with Crippen LogP contribution in [0.25, 0.3) is 0 Å². The maximum Gasteiger partial charge on any atom is 0.243 e. The lowest BCUT2D eigenvalue weighted by molar-refractivity contribution is -0.759. The molecule has 0 bridgehead atoms. The predicted molar refractivity (Wildman–Crippen MR) is 37.2 cm³/mol. The predicted octanol–water partition coefficient (Wildman–Crippen LogP) is 0.593. The Morgan fingerprint density at radius 3 is 3.00 bits per heavy atom. The van der Waals surface area contributed by atoms with Crippen molar-refractivity contribution in [2.24, 2.45) is 0 Å². The number of hydrogen-bond donors (Lipinski definition) is 2. The lowest BCUT2D eigenvalue weighted by atomic mass is 10.3. The zero-order valence-corrected chi connectivity index (χ0v) is 6.12. The number of H-pyrrole nitrogens is 1. The highest BCUT2D eigenvalue weighted by molar-refractivity contribution is 4.56. The van der Waals surface area contributed by atoms with Crippen LogP contribution in [-0.2, 0) is 0 Å². The van der Waals surface area contributed by atoms with E-state index in [2.05, 4.69) is 11.9 Å². The normalized spacial score (nSPS) is 13.4. The Bertz CT molecular complexity index is 172. The van der Waals surface area contributed by atoms with Gasteiger partial charge >= 0.3 is 0 Å². The van der Waals surface area contributed by atoms with Crippen LogP contribution < -0.4 is 4.57 Å². The van der Waals surface area contributed by atoms with Gasteiger partial charge in [-0.3, -0.25) is 4.98 Å². The molecule has 2 N–H and O–H groups in total. The minimum atomic E-state index is -0.365. The molecular weight excluding hydrogens is 128 g/mol. The molecule has 0 saturated carbocycles. The third kappa shape index (κ3) is 1.57. The van der Waals surface area contributed by atoms with E-state index in [1.54, 1.807) is 17.1 Å². The first-order valence-corrected chi connectivity index (χ1v) is 3.56. The van der Waals surface area contributed by atoms with Gasteiger partial charge in [0.05, 0.1) is 0 Å². The number of imidazole rings is 1. The first-order chi connectivity index (χ1) is 4.84. The quantitative estimate of drug-likeness (QED) is 0.594. The van der Waals surface area contributed by atoms with Gasteiger partial charge in [0.15, 0.2) is 6.23 Å². The van der Waals surface area contributed by atoms with E-state index in [4.69, 9.17) is 0 Å². The lowest BCUT2D eigenvalue weighted by Crippen LogP contribution is -2.36. The van der Waals surface area contributed by atoms with Gasteiger partial charge in [-0.15, -0.1) is 0 Å². The van der Waals surface area contributed by atoms with E-state index >= 15 is 0 Å². The number of rotatable bonds is 3. The first kappa shape index (κ1) is 7.28. The minimum Gasteiger partial charge on any atom is -0.355 e. The monoisotopic (exact) mass is 141 g/mol. The van der Waals surface area contributed by atoms with Crippen LogP contribution >= 0.6 is 0 Å². The van der Waals surface area contributed by atoms with Crippen molar-refractivity contribution in [2.75, 3.05) is 0 Å². The molecule has 3 nitrogen and oxygen atoms in total. The third-order valence-corrected chi connectivity index (χ3v) is 1.46. The third-order valence-electron chi connectivity index (χ3n) is 1.46. The van der Waals surface area contributed by atoms with E-state index in [9.17, 15) is 5.11 Å². The molecular formula is C7H13N2O+. The number of nitrogens with zero attached hydrogens (tertiary/aromatic N) is 1. The molecule has 1 rings (SSSR count). The molecule has 1 aromatic heterocycles. The van der Waals surface area contributed by atoms with Crippen LogP contribution in [0.3, 0.4) is 0 Å². The van der Waals surface area contributed by atoms with Gasteiger partial charge in [-0.2, -0.15) is 0 Å². The Labute approximate surface area is 60.3 Å². The van der Waals surface area contributed by atoms with Crippen molar-refractivity contribution in [2.45, 2.75) is 26.0 Å². The lowest BCUT2D eigenvalue weighted by Gasteiger charge is -2.02. The maximum atomic E-state index is 9.35.